The van der Waals surface area contributed by atoms with Crippen LogP contribution in [0.25, 0.3) is 0 Å². The lowest BCUT2D eigenvalue weighted by atomic mass is 10.2. The van der Waals surface area contributed by atoms with Crippen LogP contribution in [0.4, 0.5) is 5.69 Å². The molecule has 3 N–H and O–H groups in total. The molecule has 14 heavy (non-hydrogen) atoms. The molecule has 0 spiro atoms. The maximum Gasteiger partial charge on any atom is 0.0464 e. The Labute approximate surface area is 89.5 Å². The normalized spacial score (nSPS) is 12.8. The first kappa shape index (κ1) is 11.4. The van der Waals surface area contributed by atoms with Gasteiger partial charge < -0.3 is 10.8 Å². The first-order valence-corrected chi connectivity index (χ1v) is 5.72. The van der Waals surface area contributed by atoms with Crippen LogP contribution in [0.5, 0.6) is 0 Å². The second-order valence-corrected chi connectivity index (χ2v) is 4.71. The smallest absolute Gasteiger partial charge is 0.0464 e. The molecule has 0 aliphatic carbocycles. The SMILES string of the molecule is Cc1cc(SCC(C)CO)ccc1N. The van der Waals surface area contributed by atoms with E-state index in [4.69, 9.17) is 10.8 Å². The number of hydrogen-bond donors (Lipinski definition) is 2. The van der Waals surface area contributed by atoms with Gasteiger partial charge in [-0.25, -0.2) is 0 Å². The number of hydrogen-bond acceptors (Lipinski definition) is 3. The van der Waals surface area contributed by atoms with Crippen LogP contribution in [-0.2, 0) is 0 Å². The monoisotopic (exact) mass is 211 g/mol. The minimum absolute atomic E-state index is 0.251. The number of rotatable bonds is 4. The summed E-state index contributed by atoms with van der Waals surface area (Å²) in [6.45, 7) is 4.30. The Balaban J connectivity index is 2.55. The highest BCUT2D eigenvalue weighted by Crippen LogP contribution is 2.23. The van der Waals surface area contributed by atoms with Gasteiger partial charge in [-0.15, -0.1) is 11.8 Å². The number of aryl methyl sites for hydroxylation is 1. The summed E-state index contributed by atoms with van der Waals surface area (Å²) in [5, 5.41) is 8.88. The predicted octanol–water partition coefficient (Wildman–Crippen LogP) is 2.30. The number of aliphatic hydroxyl groups excluding tert-OH is 1. The van der Waals surface area contributed by atoms with E-state index in [1.165, 1.54) is 4.90 Å². The van der Waals surface area contributed by atoms with E-state index < -0.39 is 0 Å². The van der Waals surface area contributed by atoms with Gasteiger partial charge in [0.15, 0.2) is 0 Å². The Morgan fingerprint density at radius 1 is 1.50 bits per heavy atom. The van der Waals surface area contributed by atoms with E-state index in [1.54, 1.807) is 11.8 Å². The third-order valence-corrected chi connectivity index (χ3v) is 3.41. The fourth-order valence-corrected chi connectivity index (χ4v) is 2.04. The zero-order chi connectivity index (χ0) is 10.6. The maximum absolute atomic E-state index is 8.88. The van der Waals surface area contributed by atoms with Crippen molar-refractivity contribution < 1.29 is 5.11 Å². The minimum Gasteiger partial charge on any atom is -0.399 e. The zero-order valence-corrected chi connectivity index (χ0v) is 9.47. The lowest BCUT2D eigenvalue weighted by Gasteiger charge is -2.08. The molecular weight excluding hydrogens is 194 g/mol. The van der Waals surface area contributed by atoms with Crippen molar-refractivity contribution in [3.8, 4) is 0 Å². The van der Waals surface area contributed by atoms with Crippen LogP contribution in [0.3, 0.4) is 0 Å². The minimum atomic E-state index is 0.251. The van der Waals surface area contributed by atoms with Crippen LogP contribution >= 0.6 is 11.8 Å². The molecule has 1 unspecified atom stereocenters. The molecule has 0 aliphatic heterocycles. The van der Waals surface area contributed by atoms with Gasteiger partial charge in [-0.05, 0) is 36.6 Å². The Hall–Kier alpha value is -0.670. The third-order valence-electron chi connectivity index (χ3n) is 2.09. The second kappa shape index (κ2) is 5.27. The topological polar surface area (TPSA) is 46.2 Å². The molecule has 0 amide bonds. The van der Waals surface area contributed by atoms with Gasteiger partial charge in [0.25, 0.3) is 0 Å². The van der Waals surface area contributed by atoms with Gasteiger partial charge in [-0.3, -0.25) is 0 Å². The highest BCUT2D eigenvalue weighted by molar-refractivity contribution is 7.99. The van der Waals surface area contributed by atoms with E-state index in [0.717, 1.165) is 17.0 Å². The first-order chi connectivity index (χ1) is 6.63. The van der Waals surface area contributed by atoms with Crippen molar-refractivity contribution >= 4 is 17.4 Å². The Kier molecular flexibility index (Phi) is 4.29. The number of nitrogen functional groups attached to an aromatic ring is 1. The summed E-state index contributed by atoms with van der Waals surface area (Å²) < 4.78 is 0. The molecule has 0 aliphatic rings. The molecule has 0 radical (unpaired) electrons. The van der Waals surface area contributed by atoms with Crippen molar-refractivity contribution in [2.45, 2.75) is 18.7 Å². The van der Waals surface area contributed by atoms with Crippen LogP contribution in [-0.4, -0.2) is 17.5 Å². The van der Waals surface area contributed by atoms with Gasteiger partial charge in [-0.2, -0.15) is 0 Å². The molecule has 3 heteroatoms. The van der Waals surface area contributed by atoms with E-state index in [2.05, 4.69) is 6.07 Å². The van der Waals surface area contributed by atoms with Gasteiger partial charge >= 0.3 is 0 Å². The summed E-state index contributed by atoms with van der Waals surface area (Å²) in [7, 11) is 0. The summed E-state index contributed by atoms with van der Waals surface area (Å²) in [5.41, 5.74) is 7.68. The average molecular weight is 211 g/mol. The van der Waals surface area contributed by atoms with E-state index in [1.807, 2.05) is 26.0 Å². The summed E-state index contributed by atoms with van der Waals surface area (Å²) in [6.07, 6.45) is 0. The molecule has 1 atom stereocenters. The van der Waals surface area contributed by atoms with Crippen LogP contribution in [0.2, 0.25) is 0 Å². The average Bonchev–Trinajstić information content (AvgIpc) is 2.19. The molecule has 1 rings (SSSR count). The van der Waals surface area contributed by atoms with Crippen molar-refractivity contribution in [2.75, 3.05) is 18.1 Å². The van der Waals surface area contributed by atoms with Gasteiger partial charge in [-0.1, -0.05) is 6.92 Å². The standard InChI is InChI=1S/C11H17NOS/c1-8(6-13)7-14-10-3-4-11(12)9(2)5-10/h3-5,8,13H,6-7,12H2,1-2H3. The number of nitrogens with two attached hydrogens (primary N) is 1. The van der Waals surface area contributed by atoms with E-state index in [-0.39, 0.29) is 6.61 Å². The lowest BCUT2D eigenvalue weighted by molar-refractivity contribution is 0.250. The molecule has 0 heterocycles. The van der Waals surface area contributed by atoms with Gasteiger partial charge in [0.05, 0.1) is 0 Å². The molecule has 0 bridgehead atoms. The molecule has 0 saturated carbocycles. The van der Waals surface area contributed by atoms with Gasteiger partial charge in [0.2, 0.25) is 0 Å². The van der Waals surface area contributed by atoms with E-state index in [9.17, 15) is 0 Å². The molecule has 1 aromatic carbocycles. The van der Waals surface area contributed by atoms with Crippen molar-refractivity contribution in [3.63, 3.8) is 0 Å². The molecule has 0 aromatic heterocycles. The van der Waals surface area contributed by atoms with Crippen LogP contribution in [0.15, 0.2) is 23.1 Å². The van der Waals surface area contributed by atoms with Gasteiger partial charge in [0, 0.05) is 22.9 Å². The van der Waals surface area contributed by atoms with Crippen molar-refractivity contribution in [1.82, 2.24) is 0 Å². The van der Waals surface area contributed by atoms with Crippen LogP contribution in [0, 0.1) is 12.8 Å². The maximum atomic E-state index is 8.88. The molecule has 0 fully saturated rings. The van der Waals surface area contributed by atoms with Crippen LogP contribution in [0.1, 0.15) is 12.5 Å². The number of benzene rings is 1. The number of aliphatic hydroxyl groups is 1. The summed E-state index contributed by atoms with van der Waals surface area (Å²) in [4.78, 5) is 1.22. The number of thioether (sulfide) groups is 1. The highest BCUT2D eigenvalue weighted by atomic mass is 32.2. The van der Waals surface area contributed by atoms with Crippen molar-refractivity contribution in [3.05, 3.63) is 23.8 Å². The first-order valence-electron chi connectivity index (χ1n) is 4.73. The molecule has 0 saturated heterocycles. The van der Waals surface area contributed by atoms with E-state index in [0.29, 0.717) is 5.92 Å². The molecule has 78 valence electrons. The number of anilines is 1. The largest absolute Gasteiger partial charge is 0.399 e. The van der Waals surface area contributed by atoms with Crippen LogP contribution < -0.4 is 5.73 Å². The summed E-state index contributed by atoms with van der Waals surface area (Å²) >= 11 is 1.76. The second-order valence-electron chi connectivity index (χ2n) is 3.62. The Bertz CT molecular complexity index is 301. The highest BCUT2D eigenvalue weighted by Gasteiger charge is 2.02. The summed E-state index contributed by atoms with van der Waals surface area (Å²) in [6, 6.07) is 6.04. The third kappa shape index (κ3) is 3.24. The quantitative estimate of drug-likeness (QED) is 0.593. The van der Waals surface area contributed by atoms with Crippen molar-refractivity contribution in [1.29, 1.82) is 0 Å². The molecule has 2 nitrogen and oxygen atoms in total. The van der Waals surface area contributed by atoms with Gasteiger partial charge in [0.1, 0.15) is 0 Å². The fourth-order valence-electron chi connectivity index (χ4n) is 1.03. The fraction of sp³-hybridized carbons (Fsp3) is 0.455. The van der Waals surface area contributed by atoms with Crippen molar-refractivity contribution in [2.24, 2.45) is 5.92 Å². The lowest BCUT2D eigenvalue weighted by Crippen LogP contribution is -2.03. The molecular formula is C11H17NOS. The predicted molar refractivity (Wildman–Crippen MR) is 62.6 cm³/mol. The molecule has 1 aromatic rings. The summed E-state index contributed by atoms with van der Waals surface area (Å²) in [5.74, 6) is 1.29. The Morgan fingerprint density at radius 3 is 2.79 bits per heavy atom. The zero-order valence-electron chi connectivity index (χ0n) is 8.66. The Morgan fingerprint density at radius 2 is 2.21 bits per heavy atom. The van der Waals surface area contributed by atoms with E-state index >= 15 is 0 Å².